The Morgan fingerprint density at radius 3 is 2.65 bits per heavy atom. The van der Waals surface area contributed by atoms with E-state index in [0.717, 1.165) is 11.3 Å². The number of para-hydroxylation sites is 2. The number of benzene rings is 2. The Kier molecular flexibility index (Phi) is 4.79. The van der Waals surface area contributed by atoms with E-state index in [-0.39, 0.29) is 10.7 Å². The molecule has 1 amide bonds. The number of aryl methyl sites for hydroxylation is 1. The number of hydrogen-bond acceptors (Lipinski definition) is 2. The first-order valence-electron chi connectivity index (χ1n) is 6.35. The van der Waals surface area contributed by atoms with E-state index in [4.69, 9.17) is 4.74 Å². The summed E-state index contributed by atoms with van der Waals surface area (Å²) in [6, 6.07) is 15.2. The van der Waals surface area contributed by atoms with Crippen molar-refractivity contribution in [2.24, 2.45) is 0 Å². The molecule has 104 valence electrons. The summed E-state index contributed by atoms with van der Waals surface area (Å²) in [4.78, 5) is 11.5. The van der Waals surface area contributed by atoms with Crippen LogP contribution in [0.3, 0.4) is 0 Å². The number of anilines is 1. The van der Waals surface area contributed by atoms with Crippen LogP contribution >= 0.6 is 15.9 Å². The maximum absolute atomic E-state index is 11.8. The highest BCUT2D eigenvalue weighted by atomic mass is 79.9. The Bertz CT molecular complexity index is 611. The second-order valence-electron chi connectivity index (χ2n) is 4.52. The van der Waals surface area contributed by atoms with Gasteiger partial charge in [0, 0.05) is 0 Å². The third-order valence-electron chi connectivity index (χ3n) is 2.72. The predicted octanol–water partition coefficient (Wildman–Crippen LogP) is 4.51. The van der Waals surface area contributed by atoms with Gasteiger partial charge in [-0.1, -0.05) is 40.2 Å². The minimum atomic E-state index is -0.255. The molecule has 0 heterocycles. The van der Waals surface area contributed by atoms with Gasteiger partial charge in [0.25, 0.3) is 0 Å². The molecule has 20 heavy (non-hydrogen) atoms. The zero-order chi connectivity index (χ0) is 14.5. The van der Waals surface area contributed by atoms with Crippen LogP contribution in [0.5, 0.6) is 11.5 Å². The van der Waals surface area contributed by atoms with E-state index in [1.54, 1.807) is 6.92 Å². The van der Waals surface area contributed by atoms with Crippen molar-refractivity contribution in [1.29, 1.82) is 0 Å². The molecule has 0 spiro atoms. The van der Waals surface area contributed by atoms with Crippen LogP contribution in [0.2, 0.25) is 0 Å². The van der Waals surface area contributed by atoms with Crippen LogP contribution in [0.1, 0.15) is 12.5 Å². The zero-order valence-electron chi connectivity index (χ0n) is 11.4. The maximum atomic E-state index is 11.8. The molecular weight excluding hydrogens is 318 g/mol. The lowest BCUT2D eigenvalue weighted by atomic mass is 10.2. The Morgan fingerprint density at radius 2 is 1.95 bits per heavy atom. The molecule has 2 rings (SSSR count). The molecule has 0 radical (unpaired) electrons. The SMILES string of the molecule is Cc1cccc(Oc2ccccc2NC(=O)C(C)Br)c1. The summed E-state index contributed by atoms with van der Waals surface area (Å²) in [5, 5.41) is 2.83. The molecule has 4 heteroatoms. The number of carbonyl (C=O) groups excluding carboxylic acids is 1. The van der Waals surface area contributed by atoms with E-state index < -0.39 is 0 Å². The molecular formula is C16H16BrNO2. The Hall–Kier alpha value is -1.81. The largest absolute Gasteiger partial charge is 0.455 e. The zero-order valence-corrected chi connectivity index (χ0v) is 13.0. The molecule has 0 aliphatic rings. The van der Waals surface area contributed by atoms with Gasteiger partial charge in [-0.2, -0.15) is 0 Å². The van der Waals surface area contributed by atoms with Crippen molar-refractivity contribution in [3.8, 4) is 11.5 Å². The molecule has 0 aliphatic heterocycles. The van der Waals surface area contributed by atoms with Crippen molar-refractivity contribution in [2.75, 3.05) is 5.32 Å². The molecule has 0 saturated heterocycles. The summed E-state index contributed by atoms with van der Waals surface area (Å²) in [5.74, 6) is 1.27. The van der Waals surface area contributed by atoms with Gasteiger partial charge in [0.2, 0.25) is 5.91 Å². The van der Waals surface area contributed by atoms with Crippen molar-refractivity contribution >= 4 is 27.5 Å². The molecule has 0 aliphatic carbocycles. The maximum Gasteiger partial charge on any atom is 0.237 e. The first-order valence-corrected chi connectivity index (χ1v) is 7.26. The highest BCUT2D eigenvalue weighted by Crippen LogP contribution is 2.29. The second-order valence-corrected chi connectivity index (χ2v) is 5.89. The minimum Gasteiger partial charge on any atom is -0.455 e. The fourth-order valence-corrected chi connectivity index (χ4v) is 1.81. The third kappa shape index (κ3) is 3.84. The van der Waals surface area contributed by atoms with Gasteiger partial charge in [-0.25, -0.2) is 0 Å². The molecule has 1 N–H and O–H groups in total. The molecule has 0 fully saturated rings. The summed E-state index contributed by atoms with van der Waals surface area (Å²) in [7, 11) is 0. The van der Waals surface area contributed by atoms with Crippen LogP contribution in [0.15, 0.2) is 48.5 Å². The van der Waals surface area contributed by atoms with Gasteiger partial charge in [0.05, 0.1) is 10.5 Å². The summed E-state index contributed by atoms with van der Waals surface area (Å²) >= 11 is 3.25. The normalized spacial score (nSPS) is 11.8. The number of carbonyl (C=O) groups is 1. The van der Waals surface area contributed by atoms with E-state index in [9.17, 15) is 4.79 Å². The van der Waals surface area contributed by atoms with Crippen LogP contribution in [-0.4, -0.2) is 10.7 Å². The first kappa shape index (κ1) is 14.6. The molecule has 3 nitrogen and oxygen atoms in total. The van der Waals surface area contributed by atoms with Gasteiger partial charge in [-0.05, 0) is 43.7 Å². The standard InChI is InChI=1S/C16H16BrNO2/c1-11-6-5-7-13(10-11)20-15-9-4-3-8-14(15)18-16(19)12(2)17/h3-10,12H,1-2H3,(H,18,19). The lowest BCUT2D eigenvalue weighted by Crippen LogP contribution is -2.20. The summed E-state index contributed by atoms with van der Waals surface area (Å²) in [5.41, 5.74) is 1.78. The quantitative estimate of drug-likeness (QED) is 0.836. The highest BCUT2D eigenvalue weighted by Gasteiger charge is 2.12. The average Bonchev–Trinajstić information content (AvgIpc) is 2.41. The summed E-state index contributed by atoms with van der Waals surface area (Å²) in [6.45, 7) is 3.78. The fraction of sp³-hybridized carbons (Fsp3) is 0.188. The number of amides is 1. The van der Waals surface area contributed by atoms with Gasteiger partial charge in [0.1, 0.15) is 5.75 Å². The number of alkyl halides is 1. The average molecular weight is 334 g/mol. The van der Waals surface area contributed by atoms with Crippen molar-refractivity contribution in [3.63, 3.8) is 0 Å². The molecule has 1 unspecified atom stereocenters. The number of ether oxygens (including phenoxy) is 1. The molecule has 0 aromatic heterocycles. The Labute approximate surface area is 127 Å². The van der Waals surface area contributed by atoms with Crippen LogP contribution in [0.4, 0.5) is 5.69 Å². The molecule has 1 atom stereocenters. The fourth-order valence-electron chi connectivity index (χ4n) is 1.70. The molecule has 0 bridgehead atoms. The highest BCUT2D eigenvalue weighted by molar-refractivity contribution is 9.10. The van der Waals surface area contributed by atoms with E-state index >= 15 is 0 Å². The lowest BCUT2D eigenvalue weighted by molar-refractivity contribution is -0.115. The lowest BCUT2D eigenvalue weighted by Gasteiger charge is -2.13. The Balaban J connectivity index is 2.22. The van der Waals surface area contributed by atoms with Crippen molar-refractivity contribution in [1.82, 2.24) is 0 Å². The summed E-state index contributed by atoms with van der Waals surface area (Å²) < 4.78 is 5.84. The number of nitrogens with one attached hydrogen (secondary N) is 1. The van der Waals surface area contributed by atoms with E-state index in [0.29, 0.717) is 11.4 Å². The van der Waals surface area contributed by atoms with Gasteiger partial charge in [-0.15, -0.1) is 0 Å². The first-order chi connectivity index (χ1) is 9.56. The van der Waals surface area contributed by atoms with Gasteiger partial charge in [0.15, 0.2) is 5.75 Å². The number of halogens is 1. The number of hydrogen-bond donors (Lipinski definition) is 1. The Morgan fingerprint density at radius 1 is 1.20 bits per heavy atom. The van der Waals surface area contributed by atoms with Crippen LogP contribution in [0.25, 0.3) is 0 Å². The molecule has 0 saturated carbocycles. The van der Waals surface area contributed by atoms with Crippen molar-refractivity contribution < 1.29 is 9.53 Å². The van der Waals surface area contributed by atoms with Crippen LogP contribution in [-0.2, 0) is 4.79 Å². The minimum absolute atomic E-state index is 0.106. The molecule has 2 aromatic rings. The van der Waals surface area contributed by atoms with Crippen molar-refractivity contribution in [3.05, 3.63) is 54.1 Å². The second kappa shape index (κ2) is 6.57. The van der Waals surface area contributed by atoms with Crippen LogP contribution in [0, 0.1) is 6.92 Å². The van der Waals surface area contributed by atoms with E-state index in [1.807, 2.05) is 55.5 Å². The topological polar surface area (TPSA) is 38.3 Å². The number of rotatable bonds is 4. The van der Waals surface area contributed by atoms with E-state index in [2.05, 4.69) is 21.2 Å². The van der Waals surface area contributed by atoms with Gasteiger partial charge < -0.3 is 10.1 Å². The van der Waals surface area contributed by atoms with E-state index in [1.165, 1.54) is 0 Å². The van der Waals surface area contributed by atoms with Crippen LogP contribution < -0.4 is 10.1 Å². The van der Waals surface area contributed by atoms with Gasteiger partial charge >= 0.3 is 0 Å². The third-order valence-corrected chi connectivity index (χ3v) is 3.14. The predicted molar refractivity (Wildman–Crippen MR) is 84.7 cm³/mol. The monoisotopic (exact) mass is 333 g/mol. The van der Waals surface area contributed by atoms with Crippen molar-refractivity contribution in [2.45, 2.75) is 18.7 Å². The molecule has 2 aromatic carbocycles. The smallest absolute Gasteiger partial charge is 0.237 e. The summed E-state index contributed by atoms with van der Waals surface area (Å²) in [6.07, 6.45) is 0. The van der Waals surface area contributed by atoms with Gasteiger partial charge in [-0.3, -0.25) is 4.79 Å².